The summed E-state index contributed by atoms with van der Waals surface area (Å²) in [6.45, 7) is 2.33. The summed E-state index contributed by atoms with van der Waals surface area (Å²) in [7, 11) is 3.60. The van der Waals surface area contributed by atoms with Crippen molar-refractivity contribution in [3.8, 4) is 0 Å². The van der Waals surface area contributed by atoms with E-state index in [4.69, 9.17) is 14.2 Å². The van der Waals surface area contributed by atoms with Crippen LogP contribution in [0.1, 0.15) is 51.4 Å². The molecule has 3 heteroatoms. The molecule has 0 atom stereocenters. The molecule has 0 saturated heterocycles. The van der Waals surface area contributed by atoms with Gasteiger partial charge in [-0.25, -0.2) is 0 Å². The van der Waals surface area contributed by atoms with E-state index in [0.717, 1.165) is 19.8 Å². The van der Waals surface area contributed by atoms with Gasteiger partial charge in [0.15, 0.2) is 0 Å². The van der Waals surface area contributed by atoms with Gasteiger partial charge < -0.3 is 14.2 Å². The molecule has 2 aliphatic rings. The molecular weight excluding hydrogens is 240 g/mol. The molecule has 0 aromatic heterocycles. The van der Waals surface area contributed by atoms with E-state index in [1.807, 2.05) is 0 Å². The minimum Gasteiger partial charge on any atom is -0.384 e. The van der Waals surface area contributed by atoms with Crippen molar-refractivity contribution in [2.75, 3.05) is 34.0 Å². The van der Waals surface area contributed by atoms with E-state index in [1.165, 1.54) is 51.4 Å². The van der Waals surface area contributed by atoms with E-state index in [0.29, 0.717) is 12.0 Å². The zero-order valence-corrected chi connectivity index (χ0v) is 12.7. The Labute approximate surface area is 118 Å². The van der Waals surface area contributed by atoms with Crippen LogP contribution >= 0.6 is 0 Å². The molecule has 2 aliphatic carbocycles. The summed E-state index contributed by atoms with van der Waals surface area (Å²) >= 11 is 0. The van der Waals surface area contributed by atoms with Crippen LogP contribution in [0.15, 0.2) is 0 Å². The van der Waals surface area contributed by atoms with Gasteiger partial charge in [0.2, 0.25) is 0 Å². The molecule has 0 unspecified atom stereocenters. The van der Waals surface area contributed by atoms with Crippen molar-refractivity contribution in [3.63, 3.8) is 0 Å². The smallest absolute Gasteiger partial charge is 0.0575 e. The predicted molar refractivity (Wildman–Crippen MR) is 76.4 cm³/mol. The van der Waals surface area contributed by atoms with Gasteiger partial charge in [0.1, 0.15) is 0 Å². The van der Waals surface area contributed by atoms with Crippen LogP contribution in [-0.4, -0.2) is 40.1 Å². The highest BCUT2D eigenvalue weighted by atomic mass is 16.5. The van der Waals surface area contributed by atoms with Gasteiger partial charge in [-0.3, -0.25) is 0 Å². The van der Waals surface area contributed by atoms with Crippen molar-refractivity contribution in [2.24, 2.45) is 11.3 Å². The lowest BCUT2D eigenvalue weighted by molar-refractivity contribution is -0.120. The van der Waals surface area contributed by atoms with Crippen LogP contribution < -0.4 is 0 Å². The molecule has 0 heterocycles. The zero-order chi connectivity index (χ0) is 13.6. The fourth-order valence-electron chi connectivity index (χ4n) is 3.59. The molecule has 0 aliphatic heterocycles. The minimum absolute atomic E-state index is 0.0690. The molecule has 0 bridgehead atoms. The number of hydrogen-bond donors (Lipinski definition) is 0. The third kappa shape index (κ3) is 3.93. The van der Waals surface area contributed by atoms with E-state index < -0.39 is 0 Å². The Bertz CT molecular complexity index is 238. The number of methoxy groups -OCH3 is 2. The first-order valence-electron chi connectivity index (χ1n) is 7.90. The Morgan fingerprint density at radius 1 is 0.789 bits per heavy atom. The second-order valence-electron chi connectivity index (χ2n) is 6.43. The molecule has 19 heavy (non-hydrogen) atoms. The van der Waals surface area contributed by atoms with Crippen molar-refractivity contribution in [2.45, 2.75) is 57.5 Å². The first-order valence-corrected chi connectivity index (χ1v) is 7.90. The third-order valence-electron chi connectivity index (χ3n) is 4.99. The maximum absolute atomic E-state index is 6.14. The van der Waals surface area contributed by atoms with Crippen molar-refractivity contribution in [1.29, 1.82) is 0 Å². The lowest BCUT2D eigenvalue weighted by atomic mass is 9.69. The molecule has 2 saturated carbocycles. The average Bonchev–Trinajstić information content (AvgIpc) is 2.38. The van der Waals surface area contributed by atoms with Gasteiger partial charge in [0, 0.05) is 19.6 Å². The molecule has 0 spiro atoms. The monoisotopic (exact) mass is 270 g/mol. The summed E-state index contributed by atoms with van der Waals surface area (Å²) in [6.07, 6.45) is 11.0. The minimum atomic E-state index is 0.0690. The van der Waals surface area contributed by atoms with Gasteiger partial charge in [-0.15, -0.1) is 0 Å². The largest absolute Gasteiger partial charge is 0.384 e. The molecule has 0 amide bonds. The van der Waals surface area contributed by atoms with Crippen LogP contribution in [-0.2, 0) is 14.2 Å². The predicted octanol–water partition coefficient (Wildman–Crippen LogP) is 3.42. The van der Waals surface area contributed by atoms with Crippen molar-refractivity contribution in [3.05, 3.63) is 0 Å². The fraction of sp³-hybridized carbons (Fsp3) is 1.00. The number of hydrogen-bond acceptors (Lipinski definition) is 3. The second-order valence-corrected chi connectivity index (χ2v) is 6.43. The maximum atomic E-state index is 6.14. The van der Waals surface area contributed by atoms with Crippen molar-refractivity contribution >= 4 is 0 Å². The van der Waals surface area contributed by atoms with Crippen LogP contribution in [0.3, 0.4) is 0 Å². The highest BCUT2D eigenvalue weighted by Gasteiger charge is 2.40. The Morgan fingerprint density at radius 3 is 1.89 bits per heavy atom. The Morgan fingerprint density at radius 2 is 1.42 bits per heavy atom. The average molecular weight is 270 g/mol. The summed E-state index contributed by atoms with van der Waals surface area (Å²) in [4.78, 5) is 0. The van der Waals surface area contributed by atoms with E-state index in [-0.39, 0.29) is 5.41 Å². The van der Waals surface area contributed by atoms with Gasteiger partial charge in [0.25, 0.3) is 0 Å². The van der Waals surface area contributed by atoms with Gasteiger partial charge in [-0.1, -0.05) is 19.3 Å². The van der Waals surface area contributed by atoms with Gasteiger partial charge >= 0.3 is 0 Å². The molecular formula is C16H30O3. The number of rotatable bonds is 8. The first-order chi connectivity index (χ1) is 9.30. The van der Waals surface area contributed by atoms with Gasteiger partial charge in [0.05, 0.1) is 25.9 Å². The molecule has 3 nitrogen and oxygen atoms in total. The SMILES string of the molecule is COCC(COC)(COC1CCC1)C1CCCCC1. The van der Waals surface area contributed by atoms with Crippen LogP contribution in [0, 0.1) is 11.3 Å². The Hall–Kier alpha value is -0.120. The van der Waals surface area contributed by atoms with E-state index >= 15 is 0 Å². The Balaban J connectivity index is 1.98. The summed E-state index contributed by atoms with van der Waals surface area (Å²) in [5.41, 5.74) is 0.0690. The summed E-state index contributed by atoms with van der Waals surface area (Å²) in [5, 5.41) is 0. The molecule has 0 N–H and O–H groups in total. The molecule has 0 radical (unpaired) electrons. The topological polar surface area (TPSA) is 27.7 Å². The highest BCUT2D eigenvalue weighted by molar-refractivity contribution is 4.89. The first kappa shape index (κ1) is 15.3. The molecule has 2 rings (SSSR count). The Kier molecular flexibility index (Phi) is 6.11. The van der Waals surface area contributed by atoms with Crippen molar-refractivity contribution in [1.82, 2.24) is 0 Å². The maximum Gasteiger partial charge on any atom is 0.0575 e. The van der Waals surface area contributed by atoms with Crippen LogP contribution in [0.5, 0.6) is 0 Å². The quantitative estimate of drug-likeness (QED) is 0.676. The van der Waals surface area contributed by atoms with Crippen LogP contribution in [0.4, 0.5) is 0 Å². The third-order valence-corrected chi connectivity index (χ3v) is 4.99. The standard InChI is InChI=1S/C16H30O3/c1-17-11-16(12-18-2,13-19-15-9-6-10-15)14-7-4-3-5-8-14/h14-15H,3-13H2,1-2H3. The second kappa shape index (κ2) is 7.61. The lowest BCUT2D eigenvalue weighted by Gasteiger charge is -2.43. The molecule has 112 valence electrons. The van der Waals surface area contributed by atoms with Gasteiger partial charge in [-0.2, -0.15) is 0 Å². The summed E-state index contributed by atoms with van der Waals surface area (Å²) in [6, 6.07) is 0. The van der Waals surface area contributed by atoms with E-state index in [1.54, 1.807) is 14.2 Å². The normalized spacial score (nSPS) is 22.4. The van der Waals surface area contributed by atoms with Crippen LogP contribution in [0.25, 0.3) is 0 Å². The zero-order valence-electron chi connectivity index (χ0n) is 12.7. The molecule has 0 aromatic carbocycles. The fourth-order valence-corrected chi connectivity index (χ4v) is 3.59. The number of ether oxygens (including phenoxy) is 3. The lowest BCUT2D eigenvalue weighted by Crippen LogP contribution is -2.45. The van der Waals surface area contributed by atoms with Gasteiger partial charge in [-0.05, 0) is 38.0 Å². The van der Waals surface area contributed by atoms with E-state index in [9.17, 15) is 0 Å². The summed E-state index contributed by atoms with van der Waals surface area (Å²) < 4.78 is 17.2. The summed E-state index contributed by atoms with van der Waals surface area (Å²) in [5.74, 6) is 0.696. The van der Waals surface area contributed by atoms with Crippen LogP contribution in [0.2, 0.25) is 0 Å². The van der Waals surface area contributed by atoms with E-state index in [2.05, 4.69) is 0 Å². The molecule has 0 aromatic rings. The van der Waals surface area contributed by atoms with Crippen molar-refractivity contribution < 1.29 is 14.2 Å². The molecule has 2 fully saturated rings. The highest BCUT2D eigenvalue weighted by Crippen LogP contribution is 2.40.